The highest BCUT2D eigenvalue weighted by Gasteiger charge is 2.35. The zero-order valence-corrected chi connectivity index (χ0v) is 19.3. The van der Waals surface area contributed by atoms with Gasteiger partial charge in [0.1, 0.15) is 17.6 Å². The van der Waals surface area contributed by atoms with E-state index in [9.17, 15) is 9.59 Å². The van der Waals surface area contributed by atoms with Gasteiger partial charge in [-0.3, -0.25) is 14.6 Å². The van der Waals surface area contributed by atoms with Gasteiger partial charge < -0.3 is 14.5 Å². The minimum Gasteiger partial charge on any atom is -0.368 e. The monoisotopic (exact) mass is 462 g/mol. The number of carbonyl (C=O) groups is 2. The van der Waals surface area contributed by atoms with Crippen LogP contribution in [-0.4, -0.2) is 73.4 Å². The molecular weight excluding hydrogens is 432 g/mol. The molecule has 0 radical (unpaired) electrons. The molecule has 34 heavy (non-hydrogen) atoms. The highest BCUT2D eigenvalue weighted by atomic mass is 16.5. The lowest BCUT2D eigenvalue weighted by Gasteiger charge is -2.34. The highest BCUT2D eigenvalue weighted by molar-refractivity contribution is 5.85. The molecule has 178 valence electrons. The smallest absolute Gasteiger partial charge is 0.246 e. The van der Waals surface area contributed by atoms with Gasteiger partial charge in [-0.05, 0) is 37.1 Å². The summed E-state index contributed by atoms with van der Waals surface area (Å²) in [5, 5.41) is 8.79. The topological polar surface area (TPSA) is 93.5 Å². The molecule has 0 unspecified atom stereocenters. The summed E-state index contributed by atoms with van der Waals surface area (Å²) in [6, 6.07) is 13.4. The van der Waals surface area contributed by atoms with Crippen LogP contribution in [0, 0.1) is 0 Å². The van der Waals surface area contributed by atoms with E-state index < -0.39 is 0 Å². The number of hydrogen-bond acceptors (Lipinski definition) is 6. The van der Waals surface area contributed by atoms with Crippen molar-refractivity contribution in [3.05, 3.63) is 54.4 Å². The molecule has 2 aromatic heterocycles. The molecule has 5 rings (SSSR count). The molecule has 1 atom stereocenters. The van der Waals surface area contributed by atoms with Gasteiger partial charge >= 0.3 is 0 Å². The third-order valence-electron chi connectivity index (χ3n) is 6.64. The molecule has 1 aliphatic heterocycles. The van der Waals surface area contributed by atoms with Gasteiger partial charge in [0.2, 0.25) is 11.8 Å². The average Bonchev–Trinajstić information content (AvgIpc) is 3.19. The highest BCUT2D eigenvalue weighted by Crippen LogP contribution is 2.25. The Balaban J connectivity index is 1.32. The largest absolute Gasteiger partial charge is 0.368 e. The summed E-state index contributed by atoms with van der Waals surface area (Å²) in [5.74, 6) is -0.201. The van der Waals surface area contributed by atoms with E-state index in [1.165, 1.54) is 11.2 Å². The number of rotatable bonds is 6. The predicted octanol–water partition coefficient (Wildman–Crippen LogP) is 2.42. The van der Waals surface area contributed by atoms with Gasteiger partial charge in [0.25, 0.3) is 0 Å². The van der Waals surface area contributed by atoms with Crippen molar-refractivity contribution < 1.29 is 14.3 Å². The van der Waals surface area contributed by atoms with Crippen LogP contribution in [0.2, 0.25) is 0 Å². The Labute approximate surface area is 198 Å². The lowest BCUT2D eigenvalue weighted by molar-refractivity contribution is -0.140. The molecule has 3 aromatic rings. The summed E-state index contributed by atoms with van der Waals surface area (Å²) in [7, 11) is 0. The molecular formula is C25H30N6O3. The van der Waals surface area contributed by atoms with E-state index in [2.05, 4.69) is 15.2 Å². The molecule has 3 heterocycles. The minimum atomic E-state index is -0.288. The molecule has 9 nitrogen and oxygen atoms in total. The van der Waals surface area contributed by atoms with Crippen LogP contribution in [0.25, 0.3) is 11.0 Å². The Kier molecular flexibility index (Phi) is 6.80. The van der Waals surface area contributed by atoms with Crippen molar-refractivity contribution in [3.8, 4) is 0 Å². The van der Waals surface area contributed by atoms with Crippen LogP contribution in [0.5, 0.6) is 0 Å². The number of aromatic nitrogens is 4. The Bertz CT molecular complexity index is 1090. The van der Waals surface area contributed by atoms with Gasteiger partial charge in [-0.2, -0.15) is 15.0 Å². The molecule has 9 heteroatoms. The maximum atomic E-state index is 13.3. The Hall–Kier alpha value is -3.33. The van der Waals surface area contributed by atoms with Gasteiger partial charge in [0.05, 0.1) is 24.9 Å². The zero-order valence-electron chi connectivity index (χ0n) is 19.3. The van der Waals surface area contributed by atoms with Gasteiger partial charge in [-0.25, -0.2) is 0 Å². The third kappa shape index (κ3) is 5.25. The molecule has 1 aliphatic carbocycles. The standard InChI is InChI=1S/C25H30N6O3/c32-24(17-31-27-22-11-4-5-12-23(22)28-31)29-14-21(34-18-19-8-6-7-13-26-19)15-30(25(33)16-29)20-9-2-1-3-10-20/h4-8,11-13,20-21H,1-3,9-10,14-18H2/t21-/m1/s1. The summed E-state index contributed by atoms with van der Waals surface area (Å²) in [5.41, 5.74) is 2.30. The van der Waals surface area contributed by atoms with E-state index in [4.69, 9.17) is 4.74 Å². The molecule has 1 aromatic carbocycles. The Morgan fingerprint density at radius 3 is 2.41 bits per heavy atom. The van der Waals surface area contributed by atoms with Crippen molar-refractivity contribution in [1.29, 1.82) is 0 Å². The second kappa shape index (κ2) is 10.3. The van der Waals surface area contributed by atoms with Crippen molar-refractivity contribution >= 4 is 22.8 Å². The zero-order chi connectivity index (χ0) is 23.3. The fourth-order valence-electron chi connectivity index (χ4n) is 4.87. The molecule has 1 saturated carbocycles. The lowest BCUT2D eigenvalue weighted by atomic mass is 9.94. The van der Waals surface area contributed by atoms with Crippen LogP contribution in [0.3, 0.4) is 0 Å². The van der Waals surface area contributed by atoms with Gasteiger partial charge in [0, 0.05) is 25.3 Å². The van der Waals surface area contributed by atoms with E-state index in [1.54, 1.807) is 11.1 Å². The number of hydrogen-bond donors (Lipinski definition) is 0. The maximum absolute atomic E-state index is 13.3. The quantitative estimate of drug-likeness (QED) is 0.559. The number of amides is 2. The molecule has 0 spiro atoms. The van der Waals surface area contributed by atoms with Gasteiger partial charge in [0.15, 0.2) is 0 Å². The first kappa shape index (κ1) is 22.5. The molecule has 1 saturated heterocycles. The van der Waals surface area contributed by atoms with Crippen molar-refractivity contribution in [2.24, 2.45) is 0 Å². The van der Waals surface area contributed by atoms with E-state index in [1.807, 2.05) is 47.4 Å². The van der Waals surface area contributed by atoms with Crippen molar-refractivity contribution in [1.82, 2.24) is 29.8 Å². The van der Waals surface area contributed by atoms with Crippen LogP contribution >= 0.6 is 0 Å². The SMILES string of the molecule is O=C(Cn1nc2ccccc2n1)N1CC(=O)N(C2CCCCC2)C[C@H](OCc2ccccn2)C1. The second-order valence-corrected chi connectivity index (χ2v) is 9.09. The molecule has 2 aliphatic rings. The summed E-state index contributed by atoms with van der Waals surface area (Å²) >= 11 is 0. The summed E-state index contributed by atoms with van der Waals surface area (Å²) < 4.78 is 6.21. The number of pyridine rings is 1. The molecule has 2 fully saturated rings. The summed E-state index contributed by atoms with van der Waals surface area (Å²) in [6.45, 7) is 1.22. The van der Waals surface area contributed by atoms with Crippen LogP contribution in [-0.2, 0) is 27.5 Å². The molecule has 0 N–H and O–H groups in total. The first-order chi connectivity index (χ1) is 16.7. The lowest BCUT2D eigenvalue weighted by Crippen LogP contribution is -2.46. The van der Waals surface area contributed by atoms with E-state index in [0.29, 0.717) is 19.7 Å². The van der Waals surface area contributed by atoms with Crippen LogP contribution in [0.15, 0.2) is 48.7 Å². The Morgan fingerprint density at radius 2 is 1.71 bits per heavy atom. The predicted molar refractivity (Wildman–Crippen MR) is 126 cm³/mol. The third-order valence-corrected chi connectivity index (χ3v) is 6.64. The molecule has 2 amide bonds. The normalized spacial score (nSPS) is 20.0. The fourth-order valence-corrected chi connectivity index (χ4v) is 4.87. The first-order valence-electron chi connectivity index (χ1n) is 12.0. The van der Waals surface area contributed by atoms with Crippen molar-refractivity contribution in [3.63, 3.8) is 0 Å². The number of carbonyl (C=O) groups excluding carboxylic acids is 2. The summed E-state index contributed by atoms with van der Waals surface area (Å²) in [4.78, 5) is 35.8. The van der Waals surface area contributed by atoms with Crippen LogP contribution in [0.4, 0.5) is 0 Å². The second-order valence-electron chi connectivity index (χ2n) is 9.09. The Morgan fingerprint density at radius 1 is 0.971 bits per heavy atom. The minimum absolute atomic E-state index is 0.0113. The average molecular weight is 463 g/mol. The summed E-state index contributed by atoms with van der Waals surface area (Å²) in [6.07, 6.45) is 6.95. The fraction of sp³-hybridized carbons (Fsp3) is 0.480. The van der Waals surface area contributed by atoms with E-state index in [0.717, 1.165) is 42.4 Å². The first-order valence-corrected chi connectivity index (χ1v) is 12.0. The number of ether oxygens (including phenoxy) is 1. The van der Waals surface area contributed by atoms with Crippen molar-refractivity contribution in [2.75, 3.05) is 19.6 Å². The maximum Gasteiger partial charge on any atom is 0.246 e. The number of nitrogens with zero attached hydrogens (tertiary/aromatic N) is 6. The molecule has 0 bridgehead atoms. The van der Waals surface area contributed by atoms with E-state index in [-0.39, 0.29) is 37.0 Å². The van der Waals surface area contributed by atoms with Crippen LogP contribution < -0.4 is 0 Å². The van der Waals surface area contributed by atoms with Gasteiger partial charge in [-0.1, -0.05) is 37.5 Å². The number of benzene rings is 1. The number of fused-ring (bicyclic) bond motifs is 1. The van der Waals surface area contributed by atoms with Crippen LogP contribution in [0.1, 0.15) is 37.8 Å². The van der Waals surface area contributed by atoms with E-state index >= 15 is 0 Å². The van der Waals surface area contributed by atoms with Crippen molar-refractivity contribution in [2.45, 2.75) is 57.4 Å². The van der Waals surface area contributed by atoms with Gasteiger partial charge in [-0.15, -0.1) is 0 Å².